The lowest BCUT2D eigenvalue weighted by atomic mass is 10.3. The van der Waals surface area contributed by atoms with Crippen molar-refractivity contribution < 1.29 is 5.11 Å². The van der Waals surface area contributed by atoms with Gasteiger partial charge in [0.25, 0.3) is 0 Å². The molecule has 0 aliphatic heterocycles. The fourth-order valence-electron chi connectivity index (χ4n) is 0.724. The minimum Gasteiger partial charge on any atom is -0.393 e. The van der Waals surface area contributed by atoms with Crippen LogP contribution in [-0.4, -0.2) is 22.7 Å². The Labute approximate surface area is 80.4 Å². The molecule has 12 heavy (non-hydrogen) atoms. The third kappa shape index (κ3) is 3.38. The zero-order chi connectivity index (χ0) is 8.97. The minimum absolute atomic E-state index is 0.270. The minimum atomic E-state index is -0.270. The number of nitrogens with zero attached hydrogens (tertiary/aromatic N) is 1. The lowest BCUT2D eigenvalue weighted by Crippen LogP contribution is -2.09. The number of hydrogen-bond donors (Lipinski definition) is 2. The molecule has 1 rings (SSSR count). The summed E-state index contributed by atoms with van der Waals surface area (Å²) in [6, 6.07) is 0. The van der Waals surface area contributed by atoms with Crippen molar-refractivity contribution in [1.82, 2.24) is 4.98 Å². The summed E-state index contributed by atoms with van der Waals surface area (Å²) in [6.45, 7) is 2.48. The highest BCUT2D eigenvalue weighted by molar-refractivity contribution is 7.19. The van der Waals surface area contributed by atoms with E-state index in [0.29, 0.717) is 4.34 Å². The van der Waals surface area contributed by atoms with Gasteiger partial charge in [-0.05, 0) is 13.3 Å². The van der Waals surface area contributed by atoms with E-state index in [0.717, 1.165) is 18.1 Å². The average Bonchev–Trinajstić information content (AvgIpc) is 2.35. The second-order valence-corrected chi connectivity index (χ2v) is 4.20. The first kappa shape index (κ1) is 9.77. The molecule has 0 aliphatic carbocycles. The Morgan fingerprint density at radius 3 is 3.08 bits per heavy atom. The van der Waals surface area contributed by atoms with Gasteiger partial charge < -0.3 is 10.4 Å². The first-order valence-electron chi connectivity index (χ1n) is 3.72. The average molecular weight is 207 g/mol. The Kier molecular flexibility index (Phi) is 3.78. The van der Waals surface area contributed by atoms with Crippen molar-refractivity contribution in [3.05, 3.63) is 10.5 Å². The Morgan fingerprint density at radius 1 is 1.83 bits per heavy atom. The number of hydrogen-bond acceptors (Lipinski definition) is 4. The van der Waals surface area contributed by atoms with Crippen molar-refractivity contribution in [2.45, 2.75) is 19.4 Å². The van der Waals surface area contributed by atoms with E-state index in [1.807, 2.05) is 0 Å². The second kappa shape index (κ2) is 4.64. The molecule has 0 radical (unpaired) electrons. The SMILES string of the molecule is CC(O)CCNc1ncc(Cl)s1. The van der Waals surface area contributed by atoms with E-state index in [1.165, 1.54) is 11.3 Å². The van der Waals surface area contributed by atoms with Crippen molar-refractivity contribution in [2.24, 2.45) is 0 Å². The van der Waals surface area contributed by atoms with Gasteiger partial charge in [-0.25, -0.2) is 4.98 Å². The van der Waals surface area contributed by atoms with Crippen molar-refractivity contribution in [3.8, 4) is 0 Å². The number of nitrogens with one attached hydrogen (secondary N) is 1. The Bertz CT molecular complexity index is 239. The molecule has 1 heterocycles. The number of halogens is 1. The summed E-state index contributed by atoms with van der Waals surface area (Å²) < 4.78 is 0.676. The summed E-state index contributed by atoms with van der Waals surface area (Å²) in [5.74, 6) is 0. The first-order valence-corrected chi connectivity index (χ1v) is 4.91. The molecule has 0 saturated heterocycles. The van der Waals surface area contributed by atoms with Gasteiger partial charge in [0.15, 0.2) is 5.13 Å². The number of anilines is 1. The Balaban J connectivity index is 2.24. The third-order valence-electron chi connectivity index (χ3n) is 1.32. The normalized spacial score (nSPS) is 12.9. The van der Waals surface area contributed by atoms with Gasteiger partial charge in [-0.2, -0.15) is 0 Å². The van der Waals surface area contributed by atoms with E-state index in [-0.39, 0.29) is 6.10 Å². The third-order valence-corrected chi connectivity index (χ3v) is 2.39. The van der Waals surface area contributed by atoms with Crippen LogP contribution >= 0.6 is 22.9 Å². The van der Waals surface area contributed by atoms with Crippen LogP contribution in [0.15, 0.2) is 6.20 Å². The molecule has 0 aromatic carbocycles. The standard InChI is InChI=1S/C7H11ClN2OS/c1-5(11)2-3-9-7-10-4-6(8)12-7/h4-5,11H,2-3H2,1H3,(H,9,10). The van der Waals surface area contributed by atoms with Gasteiger partial charge >= 0.3 is 0 Å². The topological polar surface area (TPSA) is 45.1 Å². The molecular weight excluding hydrogens is 196 g/mol. The van der Waals surface area contributed by atoms with Crippen LogP contribution in [0, 0.1) is 0 Å². The van der Waals surface area contributed by atoms with Gasteiger partial charge in [0.2, 0.25) is 0 Å². The first-order chi connectivity index (χ1) is 5.68. The zero-order valence-corrected chi connectivity index (χ0v) is 8.32. The lowest BCUT2D eigenvalue weighted by Gasteiger charge is -2.03. The fourth-order valence-corrected chi connectivity index (χ4v) is 1.56. The molecule has 1 aromatic rings. The fraction of sp³-hybridized carbons (Fsp3) is 0.571. The van der Waals surface area contributed by atoms with E-state index >= 15 is 0 Å². The van der Waals surface area contributed by atoms with E-state index in [2.05, 4.69) is 10.3 Å². The van der Waals surface area contributed by atoms with Gasteiger partial charge in [0.1, 0.15) is 4.34 Å². The highest BCUT2D eigenvalue weighted by Crippen LogP contribution is 2.22. The van der Waals surface area contributed by atoms with Gasteiger partial charge in [0, 0.05) is 6.54 Å². The molecule has 0 fully saturated rings. The molecule has 0 amide bonds. The Morgan fingerprint density at radius 2 is 2.58 bits per heavy atom. The largest absolute Gasteiger partial charge is 0.393 e. The summed E-state index contributed by atoms with van der Waals surface area (Å²) >= 11 is 7.07. The van der Waals surface area contributed by atoms with E-state index < -0.39 is 0 Å². The number of aliphatic hydroxyl groups is 1. The monoisotopic (exact) mass is 206 g/mol. The number of thiazole rings is 1. The van der Waals surface area contributed by atoms with Gasteiger partial charge in [0.05, 0.1) is 12.3 Å². The van der Waals surface area contributed by atoms with E-state index in [1.54, 1.807) is 13.1 Å². The maximum atomic E-state index is 8.95. The molecule has 2 N–H and O–H groups in total. The molecule has 0 aliphatic rings. The van der Waals surface area contributed by atoms with Crippen LogP contribution in [0.4, 0.5) is 5.13 Å². The summed E-state index contributed by atoms with van der Waals surface area (Å²) in [4.78, 5) is 4.01. The summed E-state index contributed by atoms with van der Waals surface area (Å²) in [5, 5.41) is 12.8. The van der Waals surface area contributed by atoms with Gasteiger partial charge in [-0.1, -0.05) is 22.9 Å². The molecule has 1 unspecified atom stereocenters. The van der Waals surface area contributed by atoms with Crippen LogP contribution in [0.25, 0.3) is 0 Å². The highest BCUT2D eigenvalue weighted by atomic mass is 35.5. The van der Waals surface area contributed by atoms with E-state index in [4.69, 9.17) is 16.7 Å². The highest BCUT2D eigenvalue weighted by Gasteiger charge is 1.99. The molecule has 1 atom stereocenters. The van der Waals surface area contributed by atoms with E-state index in [9.17, 15) is 0 Å². The summed E-state index contributed by atoms with van der Waals surface area (Å²) in [6.07, 6.45) is 2.06. The lowest BCUT2D eigenvalue weighted by molar-refractivity contribution is 0.189. The molecule has 0 spiro atoms. The van der Waals surface area contributed by atoms with Crippen molar-refractivity contribution in [1.29, 1.82) is 0 Å². The Hall–Kier alpha value is -0.320. The molecule has 68 valence electrons. The van der Waals surface area contributed by atoms with Crippen LogP contribution in [-0.2, 0) is 0 Å². The summed E-state index contributed by atoms with van der Waals surface area (Å²) in [7, 11) is 0. The molecule has 3 nitrogen and oxygen atoms in total. The molecular formula is C7H11ClN2OS. The van der Waals surface area contributed by atoms with Crippen molar-refractivity contribution in [3.63, 3.8) is 0 Å². The second-order valence-electron chi connectivity index (χ2n) is 2.53. The number of aliphatic hydroxyl groups excluding tert-OH is 1. The van der Waals surface area contributed by atoms with Crippen LogP contribution < -0.4 is 5.32 Å². The predicted molar refractivity (Wildman–Crippen MR) is 51.9 cm³/mol. The maximum Gasteiger partial charge on any atom is 0.184 e. The number of aromatic nitrogens is 1. The quantitative estimate of drug-likeness (QED) is 0.792. The summed E-state index contributed by atoms with van der Waals surface area (Å²) in [5.41, 5.74) is 0. The van der Waals surface area contributed by atoms with Crippen LogP contribution in [0.1, 0.15) is 13.3 Å². The van der Waals surface area contributed by atoms with Crippen LogP contribution in [0.5, 0.6) is 0 Å². The smallest absolute Gasteiger partial charge is 0.184 e. The maximum absolute atomic E-state index is 8.95. The zero-order valence-electron chi connectivity index (χ0n) is 6.75. The molecule has 0 bridgehead atoms. The van der Waals surface area contributed by atoms with Crippen molar-refractivity contribution >= 4 is 28.1 Å². The van der Waals surface area contributed by atoms with Crippen LogP contribution in [0.2, 0.25) is 4.34 Å². The predicted octanol–water partition coefficient (Wildman–Crippen LogP) is 1.98. The molecule has 5 heteroatoms. The molecule has 0 saturated carbocycles. The number of rotatable bonds is 4. The van der Waals surface area contributed by atoms with Crippen molar-refractivity contribution in [2.75, 3.05) is 11.9 Å². The van der Waals surface area contributed by atoms with Crippen LogP contribution in [0.3, 0.4) is 0 Å². The van der Waals surface area contributed by atoms with Gasteiger partial charge in [-0.3, -0.25) is 0 Å². The van der Waals surface area contributed by atoms with Gasteiger partial charge in [-0.15, -0.1) is 0 Å². The molecule has 1 aromatic heterocycles.